The van der Waals surface area contributed by atoms with E-state index in [-0.39, 0.29) is 17.5 Å². The molecule has 6 heteroatoms. The first-order valence-corrected chi connectivity index (χ1v) is 10.6. The van der Waals surface area contributed by atoms with Crippen LogP contribution >= 0.6 is 15.9 Å². The third-order valence-corrected chi connectivity index (χ3v) is 5.43. The molecule has 1 heterocycles. The van der Waals surface area contributed by atoms with Gasteiger partial charge < -0.3 is 15.0 Å². The molecule has 0 unspecified atom stereocenters. The molecule has 152 valence electrons. The van der Waals surface area contributed by atoms with Crippen LogP contribution in [0.1, 0.15) is 41.6 Å². The lowest BCUT2D eigenvalue weighted by molar-refractivity contribution is -0.127. The minimum atomic E-state index is -0.367. The van der Waals surface area contributed by atoms with E-state index in [9.17, 15) is 9.59 Å². The first-order valence-electron chi connectivity index (χ1n) is 9.79. The zero-order valence-electron chi connectivity index (χ0n) is 16.5. The van der Waals surface area contributed by atoms with Crippen LogP contribution in [-0.2, 0) is 4.79 Å². The van der Waals surface area contributed by atoms with Gasteiger partial charge >= 0.3 is 0 Å². The van der Waals surface area contributed by atoms with Crippen molar-refractivity contribution in [1.82, 2.24) is 10.2 Å². The van der Waals surface area contributed by atoms with Crippen LogP contribution in [0.15, 0.2) is 58.7 Å². The number of halogens is 1. The van der Waals surface area contributed by atoms with Crippen molar-refractivity contribution < 1.29 is 14.3 Å². The van der Waals surface area contributed by atoms with Crippen LogP contribution in [0.3, 0.4) is 0 Å². The van der Waals surface area contributed by atoms with Gasteiger partial charge in [0.2, 0.25) is 0 Å². The molecule has 0 radical (unpaired) electrons. The van der Waals surface area contributed by atoms with Crippen LogP contribution in [-0.4, -0.2) is 36.9 Å². The molecule has 2 aromatic carbocycles. The van der Waals surface area contributed by atoms with Gasteiger partial charge in [0.05, 0.1) is 12.7 Å². The minimum Gasteiger partial charge on any atom is -0.496 e. The third kappa shape index (κ3) is 5.70. The highest BCUT2D eigenvalue weighted by Gasteiger charge is 2.22. The highest BCUT2D eigenvalue weighted by molar-refractivity contribution is 9.10. The van der Waals surface area contributed by atoms with Crippen LogP contribution in [0.2, 0.25) is 0 Å². The Morgan fingerprint density at radius 2 is 1.66 bits per heavy atom. The first kappa shape index (κ1) is 21.1. The van der Waals surface area contributed by atoms with Crippen molar-refractivity contribution in [2.24, 2.45) is 0 Å². The highest BCUT2D eigenvalue weighted by Crippen LogP contribution is 2.19. The fourth-order valence-corrected chi connectivity index (χ4v) is 3.61. The summed E-state index contributed by atoms with van der Waals surface area (Å²) < 4.78 is 6.24. The Labute approximate surface area is 179 Å². The number of ether oxygens (including phenoxy) is 1. The quantitative estimate of drug-likeness (QED) is 0.667. The van der Waals surface area contributed by atoms with E-state index in [0.717, 1.165) is 35.7 Å². The van der Waals surface area contributed by atoms with E-state index in [1.165, 1.54) is 7.11 Å². The number of benzene rings is 2. The summed E-state index contributed by atoms with van der Waals surface area (Å²) in [5, 5.41) is 2.83. The average molecular weight is 457 g/mol. The van der Waals surface area contributed by atoms with E-state index >= 15 is 0 Å². The Kier molecular flexibility index (Phi) is 7.47. The summed E-state index contributed by atoms with van der Waals surface area (Å²) in [6.07, 6.45) is 5.95. The number of nitrogens with zero attached hydrogens (tertiary/aromatic N) is 1. The summed E-state index contributed by atoms with van der Waals surface area (Å²) in [5.41, 5.74) is 1.50. The van der Waals surface area contributed by atoms with Crippen LogP contribution in [0.25, 0.3) is 6.08 Å². The Balaban J connectivity index is 1.90. The summed E-state index contributed by atoms with van der Waals surface area (Å²) >= 11 is 3.42. The van der Waals surface area contributed by atoms with E-state index in [1.807, 2.05) is 29.2 Å². The zero-order valence-corrected chi connectivity index (χ0v) is 18.1. The normalized spacial score (nSPS) is 14.8. The lowest BCUT2D eigenvalue weighted by Crippen LogP contribution is -2.39. The van der Waals surface area contributed by atoms with Crippen LogP contribution in [0.4, 0.5) is 0 Å². The third-order valence-electron chi connectivity index (χ3n) is 4.90. The van der Waals surface area contributed by atoms with Crippen LogP contribution in [0, 0.1) is 0 Å². The number of methoxy groups -OCH3 is 1. The number of rotatable bonds is 5. The van der Waals surface area contributed by atoms with Gasteiger partial charge in [-0.3, -0.25) is 9.59 Å². The molecule has 1 aliphatic rings. The molecule has 1 aliphatic heterocycles. The van der Waals surface area contributed by atoms with Crippen molar-refractivity contribution in [3.63, 3.8) is 0 Å². The number of nitrogens with one attached hydrogen (secondary N) is 1. The van der Waals surface area contributed by atoms with Gasteiger partial charge in [-0.15, -0.1) is 0 Å². The summed E-state index contributed by atoms with van der Waals surface area (Å²) in [5.74, 6) is -0.0535. The predicted octanol–water partition coefficient (Wildman–Crippen LogP) is 4.63. The van der Waals surface area contributed by atoms with Gasteiger partial charge in [0.25, 0.3) is 11.8 Å². The maximum absolute atomic E-state index is 13.2. The number of carbonyl (C=O) groups excluding carboxylic acids is 2. The summed E-state index contributed by atoms with van der Waals surface area (Å²) in [6.45, 7) is 1.42. The van der Waals surface area contributed by atoms with E-state index in [0.29, 0.717) is 24.4 Å². The van der Waals surface area contributed by atoms with Gasteiger partial charge in [-0.25, -0.2) is 0 Å². The van der Waals surface area contributed by atoms with Crippen LogP contribution < -0.4 is 10.1 Å². The average Bonchev–Trinajstić information content (AvgIpc) is 3.03. The summed E-state index contributed by atoms with van der Waals surface area (Å²) in [7, 11) is 1.52. The second-order valence-electron chi connectivity index (χ2n) is 6.97. The van der Waals surface area contributed by atoms with Crippen molar-refractivity contribution >= 4 is 33.8 Å². The van der Waals surface area contributed by atoms with Gasteiger partial charge in [-0.1, -0.05) is 53.0 Å². The largest absolute Gasteiger partial charge is 0.496 e. The second kappa shape index (κ2) is 10.3. The SMILES string of the molecule is COc1ccccc1C(=O)N/C(=C\c1ccc(Br)cc1)C(=O)N1CCCCCC1. The Morgan fingerprint density at radius 3 is 2.31 bits per heavy atom. The molecule has 1 N–H and O–H groups in total. The highest BCUT2D eigenvalue weighted by atomic mass is 79.9. The van der Waals surface area contributed by atoms with E-state index in [4.69, 9.17) is 4.74 Å². The second-order valence-corrected chi connectivity index (χ2v) is 7.89. The summed E-state index contributed by atoms with van der Waals surface area (Å²) in [4.78, 5) is 28.0. The smallest absolute Gasteiger partial charge is 0.270 e. The molecule has 29 heavy (non-hydrogen) atoms. The molecular weight excluding hydrogens is 432 g/mol. The number of hydrogen-bond donors (Lipinski definition) is 1. The Bertz CT molecular complexity index is 885. The topological polar surface area (TPSA) is 58.6 Å². The van der Waals surface area contributed by atoms with E-state index < -0.39 is 0 Å². The molecule has 3 rings (SSSR count). The standard InChI is InChI=1S/C23H25BrN2O3/c1-29-21-9-5-4-8-19(21)22(27)25-20(16-17-10-12-18(24)13-11-17)23(28)26-14-6-2-3-7-15-26/h4-5,8-13,16H,2-3,6-7,14-15H2,1H3,(H,25,27)/b20-16-. The van der Waals surface area contributed by atoms with Gasteiger partial charge in [0.15, 0.2) is 0 Å². The Morgan fingerprint density at radius 1 is 1.00 bits per heavy atom. The molecule has 0 saturated carbocycles. The maximum atomic E-state index is 13.2. The first-order chi connectivity index (χ1) is 14.1. The van der Waals surface area contributed by atoms with E-state index in [1.54, 1.807) is 30.3 Å². The van der Waals surface area contributed by atoms with Crippen molar-refractivity contribution in [1.29, 1.82) is 0 Å². The molecule has 0 bridgehead atoms. The molecular formula is C23H25BrN2O3. The molecule has 0 aliphatic carbocycles. The molecule has 1 saturated heterocycles. The maximum Gasteiger partial charge on any atom is 0.270 e. The fraction of sp³-hybridized carbons (Fsp3) is 0.304. The van der Waals surface area contributed by atoms with Gasteiger partial charge in [0, 0.05) is 17.6 Å². The fourth-order valence-electron chi connectivity index (χ4n) is 3.34. The van der Waals surface area contributed by atoms with Crippen molar-refractivity contribution in [3.05, 3.63) is 69.8 Å². The molecule has 0 spiro atoms. The Hall–Kier alpha value is -2.60. The van der Waals surface area contributed by atoms with Gasteiger partial charge in [-0.05, 0) is 48.7 Å². The minimum absolute atomic E-state index is 0.155. The summed E-state index contributed by atoms with van der Waals surface area (Å²) in [6, 6.07) is 14.6. The monoisotopic (exact) mass is 456 g/mol. The lowest BCUT2D eigenvalue weighted by atomic mass is 10.1. The molecule has 0 atom stereocenters. The molecule has 5 nitrogen and oxygen atoms in total. The van der Waals surface area contributed by atoms with Crippen molar-refractivity contribution in [2.75, 3.05) is 20.2 Å². The lowest BCUT2D eigenvalue weighted by Gasteiger charge is -2.22. The zero-order chi connectivity index (χ0) is 20.6. The van der Waals surface area contributed by atoms with Gasteiger partial charge in [0.1, 0.15) is 11.4 Å². The number of para-hydroxylation sites is 1. The number of amides is 2. The molecule has 2 aromatic rings. The van der Waals surface area contributed by atoms with Crippen molar-refractivity contribution in [3.8, 4) is 5.75 Å². The van der Waals surface area contributed by atoms with E-state index in [2.05, 4.69) is 21.2 Å². The predicted molar refractivity (Wildman–Crippen MR) is 118 cm³/mol. The van der Waals surface area contributed by atoms with Gasteiger partial charge in [-0.2, -0.15) is 0 Å². The molecule has 0 aromatic heterocycles. The van der Waals surface area contributed by atoms with Crippen molar-refractivity contribution in [2.45, 2.75) is 25.7 Å². The van der Waals surface area contributed by atoms with Crippen LogP contribution in [0.5, 0.6) is 5.75 Å². The number of likely N-dealkylation sites (tertiary alicyclic amines) is 1. The molecule has 1 fully saturated rings. The number of carbonyl (C=O) groups is 2. The molecule has 2 amide bonds. The number of hydrogen-bond acceptors (Lipinski definition) is 3.